The molecule has 0 spiro atoms. The predicted molar refractivity (Wildman–Crippen MR) is 129 cm³/mol. The molecule has 2 atom stereocenters. The first-order valence-electron chi connectivity index (χ1n) is 11.9. The van der Waals surface area contributed by atoms with Crippen molar-refractivity contribution in [1.82, 2.24) is 19.3 Å². The zero-order chi connectivity index (χ0) is 25.8. The first-order chi connectivity index (χ1) is 17.1. The number of carbonyl (C=O) groups is 3. The van der Waals surface area contributed by atoms with E-state index in [1.807, 2.05) is 10.6 Å². The van der Waals surface area contributed by atoms with Gasteiger partial charge in [-0.25, -0.2) is 4.79 Å². The molecule has 4 amide bonds. The molecule has 2 saturated heterocycles. The second-order valence-electron chi connectivity index (χ2n) is 10.1. The third-order valence-electron chi connectivity index (χ3n) is 7.71. The lowest BCUT2D eigenvalue weighted by Crippen LogP contribution is -2.67. The molecule has 3 aliphatic heterocycles. The fraction of sp³-hybridized carbons (Fsp3) is 0.440. The van der Waals surface area contributed by atoms with Crippen LogP contribution in [0.5, 0.6) is 0 Å². The summed E-state index contributed by atoms with van der Waals surface area (Å²) in [6, 6.07) is 10.6. The minimum atomic E-state index is -1.54. The minimum absolute atomic E-state index is 0.0190. The van der Waals surface area contributed by atoms with Crippen LogP contribution in [0.1, 0.15) is 23.6 Å². The Labute approximate surface area is 207 Å². The normalized spacial score (nSPS) is 23.6. The summed E-state index contributed by atoms with van der Waals surface area (Å²) in [5, 5.41) is 20.1. The van der Waals surface area contributed by atoms with E-state index in [-0.39, 0.29) is 41.3 Å². The number of carbonyl (C=O) groups excluding carboxylic acids is 3. The van der Waals surface area contributed by atoms with Gasteiger partial charge in [0.2, 0.25) is 11.8 Å². The van der Waals surface area contributed by atoms with Crippen molar-refractivity contribution in [3.63, 3.8) is 0 Å². The number of nitrogens with zero attached hydrogens (tertiary/aromatic N) is 5. The van der Waals surface area contributed by atoms with E-state index in [0.717, 1.165) is 21.9 Å². The Bertz CT molecular complexity index is 1250. The Balaban J connectivity index is 1.49. The van der Waals surface area contributed by atoms with Gasteiger partial charge in [0.1, 0.15) is 5.41 Å². The summed E-state index contributed by atoms with van der Waals surface area (Å²) < 4.78 is 1.82. The second-order valence-corrected chi connectivity index (χ2v) is 10.1. The van der Waals surface area contributed by atoms with Gasteiger partial charge >= 0.3 is 6.03 Å². The highest BCUT2D eigenvalue weighted by atomic mass is 16.8. The molecule has 0 radical (unpaired) electrons. The summed E-state index contributed by atoms with van der Waals surface area (Å²) in [4.78, 5) is 56.3. The van der Waals surface area contributed by atoms with E-state index < -0.39 is 23.3 Å². The Morgan fingerprint density at radius 2 is 1.64 bits per heavy atom. The fourth-order valence-corrected chi connectivity index (χ4v) is 6.07. The molecule has 1 aromatic carbocycles. The highest BCUT2D eigenvalue weighted by molar-refractivity contribution is 6.19. The van der Waals surface area contributed by atoms with Gasteiger partial charge in [-0.2, -0.15) is 0 Å². The fourth-order valence-electron chi connectivity index (χ4n) is 6.07. The van der Waals surface area contributed by atoms with Crippen molar-refractivity contribution < 1.29 is 19.6 Å². The van der Waals surface area contributed by atoms with Gasteiger partial charge < -0.3 is 19.9 Å². The summed E-state index contributed by atoms with van der Waals surface area (Å²) in [5.74, 6) is -0.841. The number of piperidine rings is 1. The largest absolute Gasteiger partial charge is 0.733 e. The number of fused-ring (bicyclic) bond motifs is 4. The number of urea groups is 1. The molecule has 2 bridgehead atoms. The molecule has 11 nitrogen and oxygen atoms in total. The number of aromatic nitrogens is 1. The average Bonchev–Trinajstić information content (AvgIpc) is 2.86. The lowest BCUT2D eigenvalue weighted by Gasteiger charge is -2.48. The molecule has 0 unspecified atom stereocenters. The number of benzene rings is 1. The van der Waals surface area contributed by atoms with Crippen molar-refractivity contribution in [2.45, 2.75) is 25.3 Å². The molecule has 4 heterocycles. The Kier molecular flexibility index (Phi) is 5.93. The molecule has 3 aliphatic rings. The summed E-state index contributed by atoms with van der Waals surface area (Å²) in [5.41, 5.74) is 0.0420. The lowest BCUT2D eigenvalue weighted by molar-refractivity contribution is -0.159. The Morgan fingerprint density at radius 1 is 0.972 bits per heavy atom. The van der Waals surface area contributed by atoms with Crippen molar-refractivity contribution in [2.24, 2.45) is 11.3 Å². The van der Waals surface area contributed by atoms with Gasteiger partial charge in [-0.15, -0.1) is 0 Å². The van der Waals surface area contributed by atoms with E-state index in [0.29, 0.717) is 25.2 Å². The maximum Gasteiger partial charge on any atom is 0.332 e. The predicted octanol–water partition coefficient (Wildman–Crippen LogP) is 1.24. The SMILES string of the molecule is CN1C(=O)N(C)C(=O)C(Cc2ccc(N([O-])O)cc2)(CN2C[C@@H]3C[C@@H](C2)c2cccc(=O)n2C3)C1=O. The third kappa shape index (κ3) is 3.89. The molecular formula is C25H28N5O6-. The monoisotopic (exact) mass is 494 g/mol. The minimum Gasteiger partial charge on any atom is -0.733 e. The number of pyridine rings is 1. The highest BCUT2D eigenvalue weighted by Gasteiger charge is 2.56. The number of anilines is 1. The zero-order valence-electron chi connectivity index (χ0n) is 20.2. The van der Waals surface area contributed by atoms with Crippen molar-refractivity contribution in [3.05, 3.63) is 69.3 Å². The molecule has 0 aliphatic carbocycles. The molecule has 2 aromatic rings. The van der Waals surface area contributed by atoms with Crippen LogP contribution in [-0.4, -0.2) is 76.0 Å². The maximum absolute atomic E-state index is 13.6. The van der Waals surface area contributed by atoms with Crippen LogP contribution in [0.4, 0.5) is 10.5 Å². The molecule has 36 heavy (non-hydrogen) atoms. The molecule has 11 heteroatoms. The smallest absolute Gasteiger partial charge is 0.332 e. The van der Waals surface area contributed by atoms with Crippen LogP contribution in [0.25, 0.3) is 0 Å². The van der Waals surface area contributed by atoms with E-state index >= 15 is 0 Å². The highest BCUT2D eigenvalue weighted by Crippen LogP contribution is 2.39. The van der Waals surface area contributed by atoms with E-state index in [1.54, 1.807) is 24.3 Å². The van der Waals surface area contributed by atoms with E-state index in [9.17, 15) is 24.4 Å². The van der Waals surface area contributed by atoms with E-state index in [4.69, 9.17) is 5.21 Å². The summed E-state index contributed by atoms with van der Waals surface area (Å²) >= 11 is 0. The van der Waals surface area contributed by atoms with Crippen LogP contribution in [0, 0.1) is 16.5 Å². The molecule has 1 aromatic heterocycles. The Morgan fingerprint density at radius 3 is 2.28 bits per heavy atom. The lowest BCUT2D eigenvalue weighted by atomic mass is 9.75. The van der Waals surface area contributed by atoms with E-state index in [1.165, 1.54) is 26.2 Å². The number of hydrogen-bond acceptors (Lipinski definition) is 8. The number of likely N-dealkylation sites (tertiary alicyclic amines) is 1. The quantitative estimate of drug-likeness (QED) is 0.486. The number of barbiturate groups is 1. The van der Waals surface area contributed by atoms with Crippen LogP contribution in [-0.2, 0) is 22.6 Å². The van der Waals surface area contributed by atoms with Crippen LogP contribution in [0.2, 0.25) is 0 Å². The number of amides is 4. The second kappa shape index (κ2) is 8.84. The molecular weight excluding hydrogens is 466 g/mol. The summed E-state index contributed by atoms with van der Waals surface area (Å²) in [6.45, 7) is 1.91. The standard InChI is InChI=1S/C25H28N5O6/c1-26-22(32)25(23(33)27(2)24(26)34,11-16-6-8-19(9-7-16)30(35)36)15-28-12-17-10-18(14-28)20-4-3-5-21(31)29(20)13-17/h3-9,17-18,35H,10-15H2,1-2H3/q-1/t17-,18-/m0/s1. The van der Waals surface area contributed by atoms with Crippen molar-refractivity contribution >= 4 is 23.5 Å². The summed E-state index contributed by atoms with van der Waals surface area (Å²) in [7, 11) is 2.75. The number of imide groups is 2. The zero-order valence-corrected chi connectivity index (χ0v) is 20.2. The first kappa shape index (κ1) is 24.2. The van der Waals surface area contributed by atoms with Gasteiger partial charge in [0.05, 0.1) is 5.69 Å². The van der Waals surface area contributed by atoms with Gasteiger partial charge in [-0.3, -0.25) is 29.4 Å². The molecule has 2 fully saturated rings. The molecule has 1 N–H and O–H groups in total. The summed E-state index contributed by atoms with van der Waals surface area (Å²) in [6.07, 6.45) is 0.959. The first-order valence-corrected chi connectivity index (χ1v) is 11.9. The third-order valence-corrected chi connectivity index (χ3v) is 7.71. The maximum atomic E-state index is 13.6. The topological polar surface area (TPSA) is 129 Å². The van der Waals surface area contributed by atoms with Crippen molar-refractivity contribution in [2.75, 3.05) is 39.0 Å². The molecule has 190 valence electrons. The van der Waals surface area contributed by atoms with Crippen LogP contribution in [0.15, 0.2) is 47.3 Å². The van der Waals surface area contributed by atoms with Gasteiger partial charge in [-0.05, 0) is 42.5 Å². The Hall–Kier alpha value is -3.54. The van der Waals surface area contributed by atoms with E-state index in [2.05, 4.69) is 4.90 Å². The van der Waals surface area contributed by atoms with Crippen LogP contribution in [0.3, 0.4) is 0 Å². The van der Waals surface area contributed by atoms with Gasteiger partial charge in [0, 0.05) is 58.0 Å². The van der Waals surface area contributed by atoms with Crippen molar-refractivity contribution in [3.8, 4) is 0 Å². The van der Waals surface area contributed by atoms with Gasteiger partial charge in [0.15, 0.2) is 0 Å². The van der Waals surface area contributed by atoms with Crippen LogP contribution >= 0.6 is 0 Å². The number of hydrogen-bond donors (Lipinski definition) is 1. The van der Waals surface area contributed by atoms with Crippen molar-refractivity contribution in [1.29, 1.82) is 0 Å². The average molecular weight is 495 g/mol. The number of rotatable bonds is 5. The van der Waals surface area contributed by atoms with Gasteiger partial charge in [0.25, 0.3) is 5.56 Å². The molecule has 5 rings (SSSR count). The van der Waals surface area contributed by atoms with Crippen LogP contribution < -0.4 is 10.8 Å². The molecule has 0 saturated carbocycles. The van der Waals surface area contributed by atoms with Gasteiger partial charge in [-0.1, -0.05) is 18.2 Å².